The molecule has 0 aliphatic rings. The summed E-state index contributed by atoms with van der Waals surface area (Å²) >= 11 is 0. The maximum atomic E-state index is 12.4. The summed E-state index contributed by atoms with van der Waals surface area (Å²) < 4.78 is 47.0. The highest BCUT2D eigenvalue weighted by atomic mass is 19.4. The molecule has 1 aromatic rings. The van der Waals surface area contributed by atoms with Gasteiger partial charge in [0.2, 0.25) is 0 Å². The SMILES string of the molecule is CC(C)(C)OC(=O)COc1ccnc(C(F)(F)F)c1. The van der Waals surface area contributed by atoms with Crippen LogP contribution in [0.4, 0.5) is 13.2 Å². The molecule has 0 aliphatic carbocycles. The molecule has 0 N–H and O–H groups in total. The number of pyridine rings is 1. The lowest BCUT2D eigenvalue weighted by Crippen LogP contribution is -2.27. The summed E-state index contributed by atoms with van der Waals surface area (Å²) in [7, 11) is 0. The average molecular weight is 277 g/mol. The summed E-state index contributed by atoms with van der Waals surface area (Å²) in [6, 6.07) is 1.96. The largest absolute Gasteiger partial charge is 0.482 e. The topological polar surface area (TPSA) is 48.4 Å². The van der Waals surface area contributed by atoms with Gasteiger partial charge in [0.1, 0.15) is 17.0 Å². The Hall–Kier alpha value is -1.79. The van der Waals surface area contributed by atoms with Crippen molar-refractivity contribution >= 4 is 5.97 Å². The van der Waals surface area contributed by atoms with Gasteiger partial charge in [0.25, 0.3) is 0 Å². The van der Waals surface area contributed by atoms with Crippen LogP contribution < -0.4 is 4.74 Å². The molecule has 0 radical (unpaired) electrons. The first kappa shape index (κ1) is 15.3. The lowest BCUT2D eigenvalue weighted by atomic mass is 10.2. The van der Waals surface area contributed by atoms with Gasteiger partial charge in [-0.2, -0.15) is 13.2 Å². The fourth-order valence-electron chi connectivity index (χ4n) is 1.17. The number of esters is 1. The van der Waals surface area contributed by atoms with Crippen molar-refractivity contribution in [2.24, 2.45) is 0 Å². The number of carbonyl (C=O) groups is 1. The minimum atomic E-state index is -4.55. The molecule has 0 unspecified atom stereocenters. The second-order valence-corrected chi connectivity index (χ2v) is 4.75. The van der Waals surface area contributed by atoms with Crippen LogP contribution in [0.15, 0.2) is 18.3 Å². The molecule has 4 nitrogen and oxygen atoms in total. The molecule has 0 atom stereocenters. The highest BCUT2D eigenvalue weighted by molar-refractivity contribution is 5.71. The van der Waals surface area contributed by atoms with Crippen LogP contribution in [-0.4, -0.2) is 23.2 Å². The molecule has 0 bridgehead atoms. The number of hydrogen-bond donors (Lipinski definition) is 0. The summed E-state index contributed by atoms with van der Waals surface area (Å²) in [5, 5.41) is 0. The fourth-order valence-corrected chi connectivity index (χ4v) is 1.17. The first-order valence-corrected chi connectivity index (χ1v) is 5.46. The number of rotatable bonds is 3. The Labute approximate surface area is 108 Å². The zero-order valence-corrected chi connectivity index (χ0v) is 10.7. The normalized spacial score (nSPS) is 12.1. The Morgan fingerprint density at radius 2 is 1.95 bits per heavy atom. The predicted molar refractivity (Wildman–Crippen MR) is 60.6 cm³/mol. The van der Waals surface area contributed by atoms with Crippen LogP contribution in [0.5, 0.6) is 5.75 Å². The Kier molecular flexibility index (Phi) is 4.39. The molecule has 0 aliphatic heterocycles. The van der Waals surface area contributed by atoms with Gasteiger partial charge in [0, 0.05) is 12.3 Å². The second kappa shape index (κ2) is 5.46. The van der Waals surface area contributed by atoms with E-state index in [-0.39, 0.29) is 5.75 Å². The van der Waals surface area contributed by atoms with Crippen molar-refractivity contribution in [3.8, 4) is 5.75 Å². The van der Waals surface area contributed by atoms with Crippen molar-refractivity contribution in [1.82, 2.24) is 4.98 Å². The summed E-state index contributed by atoms with van der Waals surface area (Å²) in [6.07, 6.45) is -3.58. The third-order valence-electron chi connectivity index (χ3n) is 1.80. The van der Waals surface area contributed by atoms with Crippen molar-refractivity contribution in [1.29, 1.82) is 0 Å². The minimum Gasteiger partial charge on any atom is -0.482 e. The maximum absolute atomic E-state index is 12.4. The number of hydrogen-bond acceptors (Lipinski definition) is 4. The fraction of sp³-hybridized carbons (Fsp3) is 0.500. The van der Waals surface area contributed by atoms with E-state index in [2.05, 4.69) is 4.98 Å². The Balaban J connectivity index is 2.62. The van der Waals surface area contributed by atoms with E-state index in [0.717, 1.165) is 12.3 Å². The zero-order chi connectivity index (χ0) is 14.7. The van der Waals surface area contributed by atoms with Crippen molar-refractivity contribution in [3.05, 3.63) is 24.0 Å². The van der Waals surface area contributed by atoms with Gasteiger partial charge in [0.05, 0.1) is 0 Å². The molecule has 0 spiro atoms. The van der Waals surface area contributed by atoms with Crippen molar-refractivity contribution in [2.75, 3.05) is 6.61 Å². The highest BCUT2D eigenvalue weighted by Crippen LogP contribution is 2.29. The van der Waals surface area contributed by atoms with Gasteiger partial charge in [-0.05, 0) is 26.8 Å². The number of carbonyl (C=O) groups excluding carboxylic acids is 1. The number of halogens is 3. The standard InChI is InChI=1S/C12H14F3NO3/c1-11(2,3)19-10(17)7-18-8-4-5-16-9(6-8)12(13,14)15/h4-6H,7H2,1-3H3. The lowest BCUT2D eigenvalue weighted by Gasteiger charge is -2.19. The van der Waals surface area contributed by atoms with Crippen molar-refractivity contribution < 1.29 is 27.4 Å². The molecule has 106 valence electrons. The van der Waals surface area contributed by atoms with E-state index in [0.29, 0.717) is 0 Å². The molecule has 0 saturated heterocycles. The quantitative estimate of drug-likeness (QED) is 0.797. The number of ether oxygens (including phenoxy) is 2. The smallest absolute Gasteiger partial charge is 0.433 e. The molecule has 0 aromatic carbocycles. The predicted octanol–water partition coefficient (Wildman–Crippen LogP) is 2.82. The van der Waals surface area contributed by atoms with E-state index in [1.807, 2.05) is 0 Å². The van der Waals surface area contributed by atoms with Gasteiger partial charge in [-0.15, -0.1) is 0 Å². The molecule has 19 heavy (non-hydrogen) atoms. The average Bonchev–Trinajstić information content (AvgIpc) is 2.23. The summed E-state index contributed by atoms with van der Waals surface area (Å²) in [4.78, 5) is 14.5. The van der Waals surface area contributed by atoms with Crippen molar-refractivity contribution in [3.63, 3.8) is 0 Å². The first-order chi connectivity index (χ1) is 8.58. The molecule has 0 fully saturated rings. The second-order valence-electron chi connectivity index (χ2n) is 4.75. The van der Waals surface area contributed by atoms with Gasteiger partial charge in [-0.3, -0.25) is 4.98 Å². The van der Waals surface area contributed by atoms with Crippen LogP contribution in [-0.2, 0) is 15.7 Å². The molecule has 1 aromatic heterocycles. The van der Waals surface area contributed by atoms with Gasteiger partial charge in [0.15, 0.2) is 6.61 Å². The molecular weight excluding hydrogens is 263 g/mol. The van der Waals surface area contributed by atoms with Crippen LogP contribution in [0, 0.1) is 0 Å². The number of aromatic nitrogens is 1. The maximum Gasteiger partial charge on any atom is 0.433 e. The van der Waals surface area contributed by atoms with Crippen LogP contribution in [0.1, 0.15) is 26.5 Å². The Morgan fingerprint density at radius 3 is 2.47 bits per heavy atom. The molecule has 1 heterocycles. The monoisotopic (exact) mass is 277 g/mol. The van der Waals surface area contributed by atoms with Gasteiger partial charge in [-0.1, -0.05) is 0 Å². The molecular formula is C12H14F3NO3. The summed E-state index contributed by atoms with van der Waals surface area (Å²) in [5.41, 5.74) is -1.75. The van der Waals surface area contributed by atoms with Gasteiger partial charge >= 0.3 is 12.1 Å². The first-order valence-electron chi connectivity index (χ1n) is 5.46. The summed E-state index contributed by atoms with van der Waals surface area (Å²) in [5.74, 6) is -0.744. The van der Waals surface area contributed by atoms with E-state index in [1.165, 1.54) is 6.07 Å². The van der Waals surface area contributed by atoms with E-state index < -0.39 is 30.0 Å². The van der Waals surface area contributed by atoms with E-state index in [4.69, 9.17) is 9.47 Å². The number of alkyl halides is 3. The molecule has 0 amide bonds. The Bertz CT molecular complexity index is 452. The third kappa shape index (κ3) is 5.58. The van der Waals surface area contributed by atoms with Gasteiger partial charge < -0.3 is 9.47 Å². The summed E-state index contributed by atoms with van der Waals surface area (Å²) in [6.45, 7) is 4.58. The van der Waals surface area contributed by atoms with Crippen LogP contribution in [0.3, 0.4) is 0 Å². The minimum absolute atomic E-state index is 0.0896. The van der Waals surface area contributed by atoms with E-state index in [9.17, 15) is 18.0 Å². The third-order valence-corrected chi connectivity index (χ3v) is 1.80. The van der Waals surface area contributed by atoms with Crippen LogP contribution >= 0.6 is 0 Å². The molecule has 7 heteroatoms. The van der Waals surface area contributed by atoms with Crippen LogP contribution in [0.25, 0.3) is 0 Å². The van der Waals surface area contributed by atoms with Crippen molar-refractivity contribution in [2.45, 2.75) is 32.5 Å². The van der Waals surface area contributed by atoms with E-state index >= 15 is 0 Å². The zero-order valence-electron chi connectivity index (χ0n) is 10.7. The molecule has 0 saturated carbocycles. The number of nitrogens with zero attached hydrogens (tertiary/aromatic N) is 1. The lowest BCUT2D eigenvalue weighted by molar-refractivity contribution is -0.157. The van der Waals surface area contributed by atoms with E-state index in [1.54, 1.807) is 20.8 Å². The highest BCUT2D eigenvalue weighted by Gasteiger charge is 2.32. The Morgan fingerprint density at radius 1 is 1.32 bits per heavy atom. The molecule has 1 rings (SSSR count). The van der Waals surface area contributed by atoms with Gasteiger partial charge in [-0.25, -0.2) is 4.79 Å². The van der Waals surface area contributed by atoms with Crippen LogP contribution in [0.2, 0.25) is 0 Å².